The molecule has 0 amide bonds. The number of morpholine rings is 1. The first-order chi connectivity index (χ1) is 15.6. The number of halogens is 1. The Labute approximate surface area is 189 Å². The van der Waals surface area contributed by atoms with E-state index in [1.165, 1.54) is 23.3 Å². The van der Waals surface area contributed by atoms with Crippen LogP contribution in [-0.2, 0) is 18.2 Å². The van der Waals surface area contributed by atoms with Crippen LogP contribution in [0.15, 0.2) is 66.2 Å². The molecule has 0 N–H and O–H groups in total. The third-order valence-electron chi connectivity index (χ3n) is 5.60. The first-order valence-electron chi connectivity index (χ1n) is 11.0. The van der Waals surface area contributed by atoms with E-state index in [0.717, 1.165) is 37.4 Å². The van der Waals surface area contributed by atoms with Gasteiger partial charge in [-0.2, -0.15) is 5.10 Å². The SMILES string of the molecule is C/C(=C\c1ccccc1)CN1CCO[C@H](c2cc(CCOc3ccc(F)cc3)n(C)n2)C1. The van der Waals surface area contributed by atoms with Crippen molar-refractivity contribution in [3.8, 4) is 5.75 Å². The molecular formula is C26H30FN3O2. The molecular weight excluding hydrogens is 405 g/mol. The van der Waals surface area contributed by atoms with Gasteiger partial charge in [-0.3, -0.25) is 9.58 Å². The molecule has 32 heavy (non-hydrogen) atoms. The van der Waals surface area contributed by atoms with Crippen molar-refractivity contribution in [1.82, 2.24) is 14.7 Å². The largest absolute Gasteiger partial charge is 0.493 e. The number of aromatic nitrogens is 2. The van der Waals surface area contributed by atoms with Crippen LogP contribution in [0.1, 0.15) is 30.0 Å². The topological polar surface area (TPSA) is 39.5 Å². The van der Waals surface area contributed by atoms with Gasteiger partial charge in [-0.15, -0.1) is 0 Å². The molecule has 0 bridgehead atoms. The van der Waals surface area contributed by atoms with E-state index in [2.05, 4.69) is 48.2 Å². The second kappa shape index (κ2) is 10.6. The monoisotopic (exact) mass is 435 g/mol. The molecule has 1 fully saturated rings. The number of rotatable bonds is 8. The fourth-order valence-electron chi connectivity index (χ4n) is 3.98. The maximum Gasteiger partial charge on any atom is 0.123 e. The Hall–Kier alpha value is -2.96. The fraction of sp³-hybridized carbons (Fsp3) is 0.346. The molecule has 1 atom stereocenters. The predicted molar refractivity (Wildman–Crippen MR) is 124 cm³/mol. The summed E-state index contributed by atoms with van der Waals surface area (Å²) < 4.78 is 26.7. The van der Waals surface area contributed by atoms with Crippen LogP contribution in [0.5, 0.6) is 5.75 Å². The van der Waals surface area contributed by atoms with Crippen molar-refractivity contribution in [2.45, 2.75) is 19.4 Å². The van der Waals surface area contributed by atoms with Gasteiger partial charge in [0.1, 0.15) is 17.7 Å². The Bertz CT molecular complexity index is 1030. The lowest BCUT2D eigenvalue weighted by atomic mass is 10.1. The molecule has 1 aromatic heterocycles. The average molecular weight is 436 g/mol. The molecule has 0 unspecified atom stereocenters. The summed E-state index contributed by atoms with van der Waals surface area (Å²) in [6, 6.07) is 18.6. The molecule has 2 aromatic carbocycles. The smallest absolute Gasteiger partial charge is 0.123 e. The minimum atomic E-state index is -0.263. The number of hydrogen-bond donors (Lipinski definition) is 0. The Balaban J connectivity index is 1.32. The van der Waals surface area contributed by atoms with E-state index in [1.54, 1.807) is 12.1 Å². The summed E-state index contributed by atoms with van der Waals surface area (Å²) in [5, 5.41) is 4.70. The highest BCUT2D eigenvalue weighted by molar-refractivity contribution is 5.52. The van der Waals surface area contributed by atoms with E-state index in [0.29, 0.717) is 19.0 Å². The highest BCUT2D eigenvalue weighted by atomic mass is 19.1. The van der Waals surface area contributed by atoms with Crippen LogP contribution in [0.3, 0.4) is 0 Å². The lowest BCUT2D eigenvalue weighted by Gasteiger charge is -2.32. The highest BCUT2D eigenvalue weighted by Gasteiger charge is 2.24. The molecule has 5 nitrogen and oxygen atoms in total. The van der Waals surface area contributed by atoms with Crippen LogP contribution < -0.4 is 4.74 Å². The van der Waals surface area contributed by atoms with Crippen molar-refractivity contribution in [2.75, 3.05) is 32.8 Å². The van der Waals surface area contributed by atoms with Crippen molar-refractivity contribution in [2.24, 2.45) is 7.05 Å². The number of benzene rings is 2. The molecule has 2 heterocycles. The van der Waals surface area contributed by atoms with Gasteiger partial charge in [-0.25, -0.2) is 4.39 Å². The Kier molecular flexibility index (Phi) is 7.35. The van der Waals surface area contributed by atoms with Gasteiger partial charge in [0.15, 0.2) is 0 Å². The summed E-state index contributed by atoms with van der Waals surface area (Å²) in [5.41, 5.74) is 4.60. The summed E-state index contributed by atoms with van der Waals surface area (Å²) >= 11 is 0. The van der Waals surface area contributed by atoms with Crippen molar-refractivity contribution in [1.29, 1.82) is 0 Å². The second-order valence-corrected chi connectivity index (χ2v) is 8.23. The van der Waals surface area contributed by atoms with Gasteiger partial charge in [0.25, 0.3) is 0 Å². The molecule has 0 spiro atoms. The molecule has 0 radical (unpaired) electrons. The fourth-order valence-corrected chi connectivity index (χ4v) is 3.98. The van der Waals surface area contributed by atoms with E-state index in [-0.39, 0.29) is 11.9 Å². The summed E-state index contributed by atoms with van der Waals surface area (Å²) in [7, 11) is 1.95. The summed E-state index contributed by atoms with van der Waals surface area (Å²) in [6.45, 7) is 6.04. The molecule has 168 valence electrons. The number of ether oxygens (including phenoxy) is 2. The maximum absolute atomic E-state index is 13.0. The highest BCUT2D eigenvalue weighted by Crippen LogP contribution is 2.23. The Morgan fingerprint density at radius 1 is 1.19 bits per heavy atom. The van der Waals surface area contributed by atoms with Gasteiger partial charge >= 0.3 is 0 Å². The van der Waals surface area contributed by atoms with Crippen LogP contribution in [0.4, 0.5) is 4.39 Å². The standard InChI is InChI=1S/C26H30FN3O2/c1-20(16-21-6-4-3-5-7-21)18-30-13-15-32-26(19-30)25-17-23(29(2)28-25)12-14-31-24-10-8-22(27)9-11-24/h3-11,16-17,26H,12-15,18-19H2,1-2H3/b20-16+/t26-/m0/s1. The van der Waals surface area contributed by atoms with Crippen molar-refractivity contribution < 1.29 is 13.9 Å². The van der Waals surface area contributed by atoms with Gasteiger partial charge < -0.3 is 9.47 Å². The van der Waals surface area contributed by atoms with Gasteiger partial charge in [0, 0.05) is 38.8 Å². The Morgan fingerprint density at radius 2 is 1.97 bits per heavy atom. The van der Waals surface area contributed by atoms with E-state index in [9.17, 15) is 4.39 Å². The van der Waals surface area contributed by atoms with Gasteiger partial charge in [0.2, 0.25) is 0 Å². The molecule has 6 heteroatoms. The predicted octanol–water partition coefficient (Wildman–Crippen LogP) is 4.66. The molecule has 0 saturated carbocycles. The zero-order valence-electron chi connectivity index (χ0n) is 18.7. The maximum atomic E-state index is 13.0. The molecule has 3 aromatic rings. The van der Waals surface area contributed by atoms with Crippen LogP contribution >= 0.6 is 0 Å². The molecule has 0 aliphatic carbocycles. The van der Waals surface area contributed by atoms with E-state index < -0.39 is 0 Å². The van der Waals surface area contributed by atoms with Crippen LogP contribution in [0, 0.1) is 5.82 Å². The van der Waals surface area contributed by atoms with Crippen molar-refractivity contribution >= 4 is 6.08 Å². The van der Waals surface area contributed by atoms with E-state index in [4.69, 9.17) is 14.6 Å². The Morgan fingerprint density at radius 3 is 2.75 bits per heavy atom. The molecule has 1 saturated heterocycles. The summed E-state index contributed by atoms with van der Waals surface area (Å²) in [4.78, 5) is 2.43. The molecule has 1 aliphatic heterocycles. The summed E-state index contributed by atoms with van der Waals surface area (Å²) in [5.74, 6) is 0.403. The van der Waals surface area contributed by atoms with E-state index >= 15 is 0 Å². The van der Waals surface area contributed by atoms with Crippen LogP contribution in [-0.4, -0.2) is 47.5 Å². The third-order valence-corrected chi connectivity index (χ3v) is 5.60. The summed E-state index contributed by atoms with van der Waals surface area (Å²) in [6.07, 6.45) is 2.92. The lowest BCUT2D eigenvalue weighted by Crippen LogP contribution is -2.39. The minimum absolute atomic E-state index is 0.0359. The number of aryl methyl sites for hydroxylation is 1. The molecule has 4 rings (SSSR count). The first-order valence-corrected chi connectivity index (χ1v) is 11.0. The second-order valence-electron chi connectivity index (χ2n) is 8.23. The lowest BCUT2D eigenvalue weighted by molar-refractivity contribution is -0.0291. The van der Waals surface area contributed by atoms with Gasteiger partial charge in [-0.05, 0) is 42.8 Å². The van der Waals surface area contributed by atoms with Crippen molar-refractivity contribution in [3.63, 3.8) is 0 Å². The van der Waals surface area contributed by atoms with Gasteiger partial charge in [0.05, 0.1) is 18.9 Å². The minimum Gasteiger partial charge on any atom is -0.493 e. The van der Waals surface area contributed by atoms with Gasteiger partial charge in [-0.1, -0.05) is 42.0 Å². The number of hydrogen-bond acceptors (Lipinski definition) is 4. The van der Waals surface area contributed by atoms with E-state index in [1.807, 2.05) is 17.8 Å². The van der Waals surface area contributed by atoms with Crippen LogP contribution in [0.2, 0.25) is 0 Å². The zero-order valence-corrected chi connectivity index (χ0v) is 18.7. The van der Waals surface area contributed by atoms with Crippen LogP contribution in [0.25, 0.3) is 6.08 Å². The third kappa shape index (κ3) is 6.05. The molecule has 1 aliphatic rings. The number of nitrogens with zero attached hydrogens (tertiary/aromatic N) is 3. The average Bonchev–Trinajstić information content (AvgIpc) is 3.16. The first kappa shape index (κ1) is 22.2. The quantitative estimate of drug-likeness (QED) is 0.516. The normalized spacial score (nSPS) is 17.5. The zero-order chi connectivity index (χ0) is 22.3. The van der Waals surface area contributed by atoms with Crippen molar-refractivity contribution in [3.05, 3.63) is 89.0 Å².